The van der Waals surface area contributed by atoms with Crippen LogP contribution in [0, 0.1) is 5.92 Å². The SMILES string of the molecule is CCC(C)CC(C)Nc1cc(Cl)nc(C(C)C)n1. The lowest BCUT2D eigenvalue weighted by atomic mass is 10.0. The lowest BCUT2D eigenvalue weighted by Crippen LogP contribution is -2.19. The summed E-state index contributed by atoms with van der Waals surface area (Å²) in [5.41, 5.74) is 0. The van der Waals surface area contributed by atoms with E-state index in [0.717, 1.165) is 24.0 Å². The molecule has 0 radical (unpaired) electrons. The van der Waals surface area contributed by atoms with Gasteiger partial charge in [-0.1, -0.05) is 45.7 Å². The van der Waals surface area contributed by atoms with E-state index in [1.807, 2.05) is 0 Å². The predicted octanol–water partition coefficient (Wildman–Crippen LogP) is 4.49. The first-order valence-electron chi connectivity index (χ1n) is 6.73. The molecule has 2 unspecified atom stereocenters. The predicted molar refractivity (Wildman–Crippen MR) is 78.3 cm³/mol. The van der Waals surface area contributed by atoms with Crippen LogP contribution in [-0.2, 0) is 0 Å². The van der Waals surface area contributed by atoms with Crippen molar-refractivity contribution in [2.75, 3.05) is 5.32 Å². The van der Waals surface area contributed by atoms with Crippen LogP contribution >= 0.6 is 11.6 Å². The van der Waals surface area contributed by atoms with E-state index in [2.05, 4.69) is 49.9 Å². The first-order valence-corrected chi connectivity index (χ1v) is 7.11. The fourth-order valence-corrected chi connectivity index (χ4v) is 2.04. The minimum absolute atomic E-state index is 0.286. The maximum absolute atomic E-state index is 6.02. The largest absolute Gasteiger partial charge is 0.367 e. The highest BCUT2D eigenvalue weighted by molar-refractivity contribution is 6.29. The van der Waals surface area contributed by atoms with Gasteiger partial charge in [0.2, 0.25) is 0 Å². The van der Waals surface area contributed by atoms with Gasteiger partial charge in [0, 0.05) is 18.0 Å². The van der Waals surface area contributed by atoms with Crippen LogP contribution in [0.4, 0.5) is 5.82 Å². The van der Waals surface area contributed by atoms with Crippen molar-refractivity contribution in [3.05, 3.63) is 17.0 Å². The van der Waals surface area contributed by atoms with E-state index < -0.39 is 0 Å². The molecule has 18 heavy (non-hydrogen) atoms. The Labute approximate surface area is 115 Å². The van der Waals surface area contributed by atoms with Crippen molar-refractivity contribution in [2.24, 2.45) is 5.92 Å². The quantitative estimate of drug-likeness (QED) is 0.773. The van der Waals surface area contributed by atoms with Gasteiger partial charge in [-0.3, -0.25) is 0 Å². The van der Waals surface area contributed by atoms with Crippen LogP contribution in [0.15, 0.2) is 6.07 Å². The summed E-state index contributed by atoms with van der Waals surface area (Å²) in [6.07, 6.45) is 2.34. The molecular formula is C14H24ClN3. The molecule has 0 aliphatic carbocycles. The second kappa shape index (κ2) is 6.93. The van der Waals surface area contributed by atoms with E-state index in [9.17, 15) is 0 Å². The summed E-state index contributed by atoms with van der Waals surface area (Å²) in [4.78, 5) is 8.73. The summed E-state index contributed by atoms with van der Waals surface area (Å²) < 4.78 is 0. The summed E-state index contributed by atoms with van der Waals surface area (Å²) in [7, 11) is 0. The average Bonchev–Trinajstić information content (AvgIpc) is 2.27. The van der Waals surface area contributed by atoms with Gasteiger partial charge in [-0.2, -0.15) is 0 Å². The number of nitrogens with one attached hydrogen (secondary N) is 1. The number of halogens is 1. The Morgan fingerprint density at radius 1 is 1.22 bits per heavy atom. The summed E-state index contributed by atoms with van der Waals surface area (Å²) >= 11 is 6.02. The number of hydrogen-bond acceptors (Lipinski definition) is 3. The summed E-state index contributed by atoms with van der Waals surface area (Å²) in [5.74, 6) is 2.62. The van der Waals surface area contributed by atoms with Crippen LogP contribution in [0.2, 0.25) is 5.15 Å². The molecule has 0 fully saturated rings. The van der Waals surface area contributed by atoms with Crippen molar-refractivity contribution in [3.8, 4) is 0 Å². The molecule has 0 amide bonds. The fourth-order valence-electron chi connectivity index (χ4n) is 1.85. The monoisotopic (exact) mass is 269 g/mol. The molecule has 0 spiro atoms. The molecule has 1 heterocycles. The van der Waals surface area contributed by atoms with Gasteiger partial charge >= 0.3 is 0 Å². The average molecular weight is 270 g/mol. The molecule has 1 N–H and O–H groups in total. The summed E-state index contributed by atoms with van der Waals surface area (Å²) in [5, 5.41) is 3.91. The summed E-state index contributed by atoms with van der Waals surface area (Å²) in [6, 6.07) is 2.19. The van der Waals surface area contributed by atoms with Gasteiger partial charge in [-0.15, -0.1) is 0 Å². The Morgan fingerprint density at radius 3 is 2.44 bits per heavy atom. The number of hydrogen-bond donors (Lipinski definition) is 1. The van der Waals surface area contributed by atoms with Gasteiger partial charge in [0.15, 0.2) is 0 Å². The van der Waals surface area contributed by atoms with Crippen LogP contribution in [0.1, 0.15) is 59.2 Å². The van der Waals surface area contributed by atoms with Crippen molar-refractivity contribution in [2.45, 2.75) is 59.4 Å². The Hall–Kier alpha value is -0.830. The van der Waals surface area contributed by atoms with E-state index >= 15 is 0 Å². The van der Waals surface area contributed by atoms with Gasteiger partial charge < -0.3 is 5.32 Å². The first-order chi connectivity index (χ1) is 8.42. The zero-order valence-corrected chi connectivity index (χ0v) is 12.8. The van der Waals surface area contributed by atoms with Crippen LogP contribution in [-0.4, -0.2) is 16.0 Å². The molecular weight excluding hydrogens is 246 g/mol. The van der Waals surface area contributed by atoms with E-state index in [-0.39, 0.29) is 5.92 Å². The molecule has 1 aromatic heterocycles. The molecule has 102 valence electrons. The van der Waals surface area contributed by atoms with E-state index in [0.29, 0.717) is 11.2 Å². The molecule has 0 bridgehead atoms. The molecule has 0 saturated carbocycles. The molecule has 0 aliphatic rings. The molecule has 0 aromatic carbocycles. The second-order valence-electron chi connectivity index (χ2n) is 5.38. The Bertz CT molecular complexity index is 379. The molecule has 0 saturated heterocycles. The van der Waals surface area contributed by atoms with Crippen LogP contribution in [0.3, 0.4) is 0 Å². The molecule has 0 aliphatic heterocycles. The third-order valence-electron chi connectivity index (χ3n) is 3.08. The van der Waals surface area contributed by atoms with Gasteiger partial charge in [-0.05, 0) is 19.3 Å². The van der Waals surface area contributed by atoms with Crippen molar-refractivity contribution < 1.29 is 0 Å². The molecule has 1 rings (SSSR count). The molecule has 4 heteroatoms. The highest BCUT2D eigenvalue weighted by atomic mass is 35.5. The Morgan fingerprint density at radius 2 is 1.89 bits per heavy atom. The van der Waals surface area contributed by atoms with Crippen molar-refractivity contribution in [1.29, 1.82) is 0 Å². The lowest BCUT2D eigenvalue weighted by Gasteiger charge is -2.18. The van der Waals surface area contributed by atoms with Crippen LogP contribution in [0.5, 0.6) is 0 Å². The number of aromatic nitrogens is 2. The number of rotatable bonds is 6. The highest BCUT2D eigenvalue weighted by Crippen LogP contribution is 2.19. The fraction of sp³-hybridized carbons (Fsp3) is 0.714. The number of anilines is 1. The minimum atomic E-state index is 0.286. The molecule has 1 aromatic rings. The Balaban J connectivity index is 2.72. The van der Waals surface area contributed by atoms with Crippen molar-refractivity contribution >= 4 is 17.4 Å². The van der Waals surface area contributed by atoms with E-state index in [1.54, 1.807) is 6.07 Å². The zero-order valence-electron chi connectivity index (χ0n) is 12.0. The van der Waals surface area contributed by atoms with Gasteiger partial charge in [0.1, 0.15) is 16.8 Å². The van der Waals surface area contributed by atoms with E-state index in [4.69, 9.17) is 11.6 Å². The van der Waals surface area contributed by atoms with Gasteiger partial charge in [0.25, 0.3) is 0 Å². The first kappa shape index (κ1) is 15.2. The summed E-state index contributed by atoms with van der Waals surface area (Å²) in [6.45, 7) is 10.8. The van der Waals surface area contributed by atoms with Crippen LogP contribution in [0.25, 0.3) is 0 Å². The standard InChI is InChI=1S/C14H24ClN3/c1-6-10(4)7-11(5)16-13-8-12(15)17-14(18-13)9(2)3/h8-11H,6-7H2,1-5H3,(H,16,17,18). The van der Waals surface area contributed by atoms with E-state index in [1.165, 1.54) is 6.42 Å². The molecule has 2 atom stereocenters. The van der Waals surface area contributed by atoms with Crippen LogP contribution < -0.4 is 5.32 Å². The topological polar surface area (TPSA) is 37.8 Å². The lowest BCUT2D eigenvalue weighted by molar-refractivity contribution is 0.483. The third kappa shape index (κ3) is 4.81. The smallest absolute Gasteiger partial charge is 0.135 e. The molecule has 3 nitrogen and oxygen atoms in total. The van der Waals surface area contributed by atoms with Gasteiger partial charge in [-0.25, -0.2) is 9.97 Å². The Kier molecular flexibility index (Phi) is 5.86. The zero-order chi connectivity index (χ0) is 13.7. The van der Waals surface area contributed by atoms with Crippen molar-refractivity contribution in [3.63, 3.8) is 0 Å². The van der Waals surface area contributed by atoms with Gasteiger partial charge in [0.05, 0.1) is 0 Å². The third-order valence-corrected chi connectivity index (χ3v) is 3.27. The maximum atomic E-state index is 6.02. The minimum Gasteiger partial charge on any atom is -0.367 e. The number of nitrogens with zero attached hydrogens (tertiary/aromatic N) is 2. The highest BCUT2D eigenvalue weighted by Gasteiger charge is 2.11. The van der Waals surface area contributed by atoms with Crippen molar-refractivity contribution in [1.82, 2.24) is 9.97 Å². The maximum Gasteiger partial charge on any atom is 0.135 e. The second-order valence-corrected chi connectivity index (χ2v) is 5.77. The normalized spacial score (nSPS) is 14.6.